The number of ether oxygens (including phenoxy) is 1. The zero-order chi connectivity index (χ0) is 8.81. The van der Waals surface area contributed by atoms with E-state index < -0.39 is 0 Å². The van der Waals surface area contributed by atoms with Gasteiger partial charge < -0.3 is 9.58 Å². The molecule has 1 rings (SSSR count). The highest BCUT2D eigenvalue weighted by atomic mass is 35.5. The van der Waals surface area contributed by atoms with Crippen LogP contribution in [0.4, 0.5) is 0 Å². The summed E-state index contributed by atoms with van der Waals surface area (Å²) in [6, 6.07) is 0. The molecule has 0 saturated carbocycles. The van der Waals surface area contributed by atoms with Crippen molar-refractivity contribution >= 4 is 29.0 Å². The fourth-order valence-electron chi connectivity index (χ4n) is 0.740. The molecule has 4 nitrogen and oxygen atoms in total. The van der Waals surface area contributed by atoms with Gasteiger partial charge in [0.2, 0.25) is 0 Å². The van der Waals surface area contributed by atoms with Gasteiger partial charge in [0.25, 0.3) is 0 Å². The average Bonchev–Trinajstić information content (AvgIpc) is 2.16. The molecule has 0 atom stereocenters. The second kappa shape index (κ2) is 5.38. The van der Waals surface area contributed by atoms with Crippen LogP contribution in [0, 0.1) is 6.57 Å². The van der Waals surface area contributed by atoms with Crippen LogP contribution in [-0.2, 0) is 4.74 Å². The Balaban J connectivity index is 2.26. The molecule has 0 unspecified atom stereocenters. The number of hydrogen-bond donors (Lipinski definition) is 0. The van der Waals surface area contributed by atoms with E-state index in [1.54, 1.807) is 0 Å². The lowest BCUT2D eigenvalue weighted by Crippen LogP contribution is -2.30. The third-order valence-electron chi connectivity index (χ3n) is 1.29. The molecule has 0 aromatic rings. The van der Waals surface area contributed by atoms with Crippen LogP contribution in [0.3, 0.4) is 0 Å². The quantitative estimate of drug-likeness (QED) is 0.224. The topological polar surface area (TPSA) is 29.2 Å². The van der Waals surface area contributed by atoms with Gasteiger partial charge in [-0.25, -0.2) is 4.31 Å². The van der Waals surface area contributed by atoms with Gasteiger partial charge in [-0.05, 0) is 0 Å². The van der Waals surface area contributed by atoms with E-state index in [9.17, 15) is 0 Å². The molecule has 6 heteroatoms. The second-order valence-corrected chi connectivity index (χ2v) is 3.30. The van der Waals surface area contributed by atoms with Gasteiger partial charge in [-0.15, -0.1) is 0 Å². The first-order valence-corrected chi connectivity index (χ1v) is 4.54. The van der Waals surface area contributed by atoms with E-state index in [0.29, 0.717) is 0 Å². The first-order valence-electron chi connectivity index (χ1n) is 3.43. The number of halogens is 1. The van der Waals surface area contributed by atoms with Gasteiger partial charge >= 0.3 is 5.29 Å². The Hall–Kier alpha value is -0.280. The lowest BCUT2D eigenvalue weighted by atomic mass is 10.5. The van der Waals surface area contributed by atoms with Crippen LogP contribution >= 0.6 is 23.7 Å². The third kappa shape index (κ3) is 3.41. The van der Waals surface area contributed by atoms with Gasteiger partial charge in [0.15, 0.2) is 12.1 Å². The Labute approximate surface area is 80.6 Å². The number of rotatable bonds is 2. The van der Waals surface area contributed by atoms with Crippen molar-refractivity contribution in [3.63, 3.8) is 0 Å². The molecule has 12 heavy (non-hydrogen) atoms. The van der Waals surface area contributed by atoms with Gasteiger partial charge in [-0.2, -0.15) is 0 Å². The highest BCUT2D eigenvalue weighted by Gasteiger charge is 2.12. The summed E-state index contributed by atoms with van der Waals surface area (Å²) < 4.78 is 10.9. The van der Waals surface area contributed by atoms with E-state index in [1.807, 2.05) is 4.31 Å². The molecule has 0 spiro atoms. The molecule has 1 saturated heterocycles. The van der Waals surface area contributed by atoms with Crippen molar-refractivity contribution in [3.05, 3.63) is 11.4 Å². The normalized spacial score (nSPS) is 20.5. The zero-order valence-corrected chi connectivity index (χ0v) is 7.94. The standard InChI is InChI=1S/C6H8ClN3OS/c1-8-6(7)9-12-10-2-4-11-5-3-10/h2-5H2. The van der Waals surface area contributed by atoms with Crippen molar-refractivity contribution in [2.24, 2.45) is 4.40 Å². The summed E-state index contributed by atoms with van der Waals surface area (Å²) in [4.78, 5) is 2.96. The van der Waals surface area contributed by atoms with E-state index in [1.165, 1.54) is 12.1 Å². The maximum Gasteiger partial charge on any atom is 0.350 e. The van der Waals surface area contributed by atoms with Crippen LogP contribution in [0.1, 0.15) is 0 Å². The molecule has 1 fully saturated rings. The molecule has 1 aliphatic rings. The Morgan fingerprint density at radius 2 is 2.25 bits per heavy atom. The van der Waals surface area contributed by atoms with Crippen molar-refractivity contribution in [1.29, 1.82) is 0 Å². The largest absolute Gasteiger partial charge is 0.379 e. The predicted molar refractivity (Wildman–Crippen MR) is 49.9 cm³/mol. The van der Waals surface area contributed by atoms with Crippen LogP contribution in [0.25, 0.3) is 4.85 Å². The van der Waals surface area contributed by atoms with Gasteiger partial charge in [0.1, 0.15) is 0 Å². The van der Waals surface area contributed by atoms with E-state index in [0.717, 1.165) is 26.3 Å². The van der Waals surface area contributed by atoms with Gasteiger partial charge in [0, 0.05) is 13.1 Å². The van der Waals surface area contributed by atoms with Crippen LogP contribution in [0.2, 0.25) is 0 Å². The zero-order valence-electron chi connectivity index (χ0n) is 6.36. The van der Waals surface area contributed by atoms with Crippen molar-refractivity contribution in [2.45, 2.75) is 0 Å². The number of morpholine rings is 1. The Morgan fingerprint density at radius 1 is 1.58 bits per heavy atom. The molecule has 66 valence electrons. The number of amidine groups is 1. The molecule has 0 radical (unpaired) electrons. The average molecular weight is 206 g/mol. The predicted octanol–water partition coefficient (Wildman–Crippen LogP) is 1.40. The Morgan fingerprint density at radius 3 is 2.83 bits per heavy atom. The summed E-state index contributed by atoms with van der Waals surface area (Å²) >= 11 is 6.63. The van der Waals surface area contributed by atoms with Crippen molar-refractivity contribution in [2.75, 3.05) is 26.3 Å². The molecule has 1 aliphatic heterocycles. The van der Waals surface area contributed by atoms with Crippen LogP contribution in [0.15, 0.2) is 4.40 Å². The molecule has 0 aliphatic carbocycles. The fourth-order valence-corrected chi connectivity index (χ4v) is 1.37. The summed E-state index contributed by atoms with van der Waals surface area (Å²) in [5.74, 6) is 0. The molecule has 0 N–H and O–H groups in total. The smallest absolute Gasteiger partial charge is 0.350 e. The highest BCUT2D eigenvalue weighted by Crippen LogP contribution is 2.14. The van der Waals surface area contributed by atoms with E-state index in [4.69, 9.17) is 22.9 Å². The van der Waals surface area contributed by atoms with Crippen molar-refractivity contribution < 1.29 is 4.74 Å². The summed E-state index contributed by atoms with van der Waals surface area (Å²) in [6.45, 7) is 9.63. The highest BCUT2D eigenvalue weighted by molar-refractivity contribution is 7.96. The van der Waals surface area contributed by atoms with Crippen LogP contribution in [0.5, 0.6) is 0 Å². The molecule has 0 aromatic heterocycles. The monoisotopic (exact) mass is 205 g/mol. The molecular weight excluding hydrogens is 198 g/mol. The molecule has 0 aromatic carbocycles. The van der Waals surface area contributed by atoms with Crippen molar-refractivity contribution in [3.8, 4) is 0 Å². The molecule has 1 heterocycles. The second-order valence-electron chi connectivity index (χ2n) is 2.10. The van der Waals surface area contributed by atoms with E-state index in [2.05, 4.69) is 9.24 Å². The summed E-state index contributed by atoms with van der Waals surface area (Å²) in [5.41, 5.74) is 0. The summed E-state index contributed by atoms with van der Waals surface area (Å²) in [7, 11) is 0. The van der Waals surface area contributed by atoms with Gasteiger partial charge in [0.05, 0.1) is 13.2 Å². The van der Waals surface area contributed by atoms with Gasteiger partial charge in [-0.3, -0.25) is 0 Å². The Kier molecular flexibility index (Phi) is 4.40. The lowest BCUT2D eigenvalue weighted by Gasteiger charge is -2.20. The number of nitrogens with zero attached hydrogens (tertiary/aromatic N) is 3. The van der Waals surface area contributed by atoms with Crippen molar-refractivity contribution in [1.82, 2.24) is 4.31 Å². The minimum absolute atomic E-state index is 0.0357. The molecule has 0 amide bonds. The minimum atomic E-state index is -0.0357. The van der Waals surface area contributed by atoms with Crippen LogP contribution in [-0.4, -0.2) is 35.9 Å². The van der Waals surface area contributed by atoms with E-state index >= 15 is 0 Å². The fraction of sp³-hybridized carbons (Fsp3) is 0.667. The van der Waals surface area contributed by atoms with Gasteiger partial charge in [-0.1, -0.05) is 22.6 Å². The molecular formula is C6H8ClN3OS. The Bertz CT molecular complexity index is 209. The van der Waals surface area contributed by atoms with E-state index in [-0.39, 0.29) is 5.29 Å². The summed E-state index contributed by atoms with van der Waals surface area (Å²) in [6.07, 6.45) is 0. The minimum Gasteiger partial charge on any atom is -0.379 e. The number of hydrogen-bond acceptors (Lipinski definition) is 4. The summed E-state index contributed by atoms with van der Waals surface area (Å²) in [5, 5.41) is -0.0357. The van der Waals surface area contributed by atoms with Crippen LogP contribution < -0.4 is 0 Å². The molecule has 0 bridgehead atoms. The SMILES string of the molecule is [C-]#[N+]C(Cl)=NSN1CCOCC1. The maximum atomic E-state index is 6.53. The third-order valence-corrected chi connectivity index (χ3v) is 2.41. The lowest BCUT2D eigenvalue weighted by molar-refractivity contribution is 0.0773. The first kappa shape index (κ1) is 9.81. The first-order chi connectivity index (χ1) is 5.83. The maximum absolute atomic E-state index is 6.53.